The second-order valence-corrected chi connectivity index (χ2v) is 6.54. The van der Waals surface area contributed by atoms with E-state index in [1.165, 1.54) is 16.9 Å². The summed E-state index contributed by atoms with van der Waals surface area (Å²) < 4.78 is 0. The van der Waals surface area contributed by atoms with Crippen LogP contribution in [0.1, 0.15) is 36.8 Å². The van der Waals surface area contributed by atoms with Crippen molar-refractivity contribution in [1.82, 2.24) is 25.0 Å². The van der Waals surface area contributed by atoms with Crippen LogP contribution in [0.2, 0.25) is 0 Å². The van der Waals surface area contributed by atoms with Gasteiger partial charge in [0.2, 0.25) is 0 Å². The lowest BCUT2D eigenvalue weighted by atomic mass is 9.91. The second-order valence-electron chi connectivity index (χ2n) is 6.54. The van der Waals surface area contributed by atoms with Gasteiger partial charge in [0.05, 0.1) is 42.0 Å². The minimum Gasteiger partial charge on any atom is -0.508 e. The first-order chi connectivity index (χ1) is 12.3. The lowest BCUT2D eigenvalue weighted by Gasteiger charge is -2.32. The van der Waals surface area contributed by atoms with E-state index in [0.717, 1.165) is 22.8 Å². The number of aromatic hydroxyl groups is 1. The van der Waals surface area contributed by atoms with E-state index in [-0.39, 0.29) is 11.7 Å². The quantitative estimate of drug-likeness (QED) is 0.835. The van der Waals surface area contributed by atoms with Crippen molar-refractivity contribution in [1.29, 1.82) is 0 Å². The number of benzene rings is 1. The van der Waals surface area contributed by atoms with Gasteiger partial charge in [0, 0.05) is 11.6 Å². The summed E-state index contributed by atoms with van der Waals surface area (Å²) in [6.45, 7) is 5.64. The van der Waals surface area contributed by atoms with Crippen LogP contribution in [0.5, 0.6) is 5.75 Å². The average Bonchev–Trinajstić information content (AvgIpc) is 3.00. The summed E-state index contributed by atoms with van der Waals surface area (Å²) in [4.78, 5) is 26.5. The molecule has 1 amide bonds. The predicted octanol–water partition coefficient (Wildman–Crippen LogP) is 1.53. The predicted molar refractivity (Wildman–Crippen MR) is 93.2 cm³/mol. The number of rotatable bonds is 3. The maximum absolute atomic E-state index is 12.3. The Labute approximate surface area is 151 Å². The summed E-state index contributed by atoms with van der Waals surface area (Å²) in [7, 11) is 3.02. The van der Waals surface area contributed by atoms with Crippen LogP contribution in [0.3, 0.4) is 0 Å². The molecule has 26 heavy (non-hydrogen) atoms. The van der Waals surface area contributed by atoms with Crippen molar-refractivity contribution in [3.63, 3.8) is 0 Å². The van der Waals surface area contributed by atoms with E-state index < -0.39 is 12.0 Å². The molecule has 0 radical (unpaired) electrons. The topological polar surface area (TPSA) is 94.6 Å². The van der Waals surface area contributed by atoms with Crippen LogP contribution in [0, 0.1) is 17.7 Å². The number of aryl methyl sites for hydroxylation is 2. The minimum absolute atomic E-state index is 0.00930. The van der Waals surface area contributed by atoms with Gasteiger partial charge in [0.25, 0.3) is 10.9 Å². The van der Waals surface area contributed by atoms with Gasteiger partial charge in [-0.25, -0.2) is 0 Å². The van der Waals surface area contributed by atoms with Crippen molar-refractivity contribution < 1.29 is 14.9 Å². The Bertz CT molecular complexity index is 855. The monoisotopic (exact) mass is 359 g/mol. The third kappa shape index (κ3) is 2.69. The first-order valence-electron chi connectivity index (χ1n) is 8.49. The summed E-state index contributed by atoms with van der Waals surface area (Å²) in [6, 6.07) is 4.46. The van der Waals surface area contributed by atoms with Gasteiger partial charge in [-0.2, -0.15) is 15.0 Å². The molecule has 2 aromatic rings. The number of phenolic OH excluding ortho intramolecular Hbond substituents is 1. The number of hydrogen-bond donors (Lipinski definition) is 1. The van der Waals surface area contributed by atoms with E-state index in [4.69, 9.17) is 0 Å². The Morgan fingerprint density at radius 1 is 1.27 bits per heavy atom. The standard InChI is InChI=1S/C17H22N6O3/c1-6-14-11(3)18-22(19-14)12-7-8-13(15(24)9-12)16-10(2)17(25)21(5)23(26)20(16)4/h7-10,16H,6H2,1-5H3/p+1. The molecule has 1 aliphatic heterocycles. The number of amides is 1. The van der Waals surface area contributed by atoms with E-state index in [9.17, 15) is 14.8 Å². The fraction of sp³-hybridized carbons (Fsp3) is 0.471. The zero-order chi connectivity index (χ0) is 19.2. The Morgan fingerprint density at radius 3 is 2.54 bits per heavy atom. The lowest BCUT2D eigenvalue weighted by Crippen LogP contribution is -2.55. The molecule has 1 saturated heterocycles. The summed E-state index contributed by atoms with van der Waals surface area (Å²) in [5.74, 6) is -0.794. The molecule has 1 aromatic heterocycles. The van der Waals surface area contributed by atoms with Gasteiger partial charge in [-0.05, 0) is 24.4 Å². The average molecular weight is 359 g/mol. The lowest BCUT2D eigenvalue weighted by molar-refractivity contribution is -0.823. The van der Waals surface area contributed by atoms with E-state index in [1.54, 1.807) is 32.2 Å². The SMILES string of the molecule is CCc1nn(-c2ccc(C3C(C)C(=O)N(C)[N+](=O)N3C)c(O)c2)nc1C. The molecule has 1 aliphatic rings. The van der Waals surface area contributed by atoms with Crippen LogP contribution in [0.4, 0.5) is 0 Å². The highest BCUT2D eigenvalue weighted by atomic mass is 16.4. The van der Waals surface area contributed by atoms with Gasteiger partial charge in [0.15, 0.2) is 0 Å². The number of nitrogens with zero attached hydrogens (tertiary/aromatic N) is 6. The maximum Gasteiger partial charge on any atom is 0.290 e. The minimum atomic E-state index is -0.566. The Morgan fingerprint density at radius 2 is 1.96 bits per heavy atom. The van der Waals surface area contributed by atoms with Crippen molar-refractivity contribution in [3.05, 3.63) is 40.1 Å². The third-order valence-electron chi connectivity index (χ3n) is 4.89. The zero-order valence-electron chi connectivity index (χ0n) is 15.5. The molecule has 3 rings (SSSR count). The molecule has 1 N–H and O–H groups in total. The summed E-state index contributed by atoms with van der Waals surface area (Å²) in [5, 5.41) is 21.8. The molecular weight excluding hydrogens is 336 g/mol. The molecule has 2 heterocycles. The van der Waals surface area contributed by atoms with Crippen LogP contribution >= 0.6 is 0 Å². The molecule has 0 spiro atoms. The van der Waals surface area contributed by atoms with Crippen molar-refractivity contribution in [2.24, 2.45) is 5.92 Å². The van der Waals surface area contributed by atoms with E-state index in [2.05, 4.69) is 10.2 Å². The van der Waals surface area contributed by atoms with Crippen molar-refractivity contribution >= 4 is 5.91 Å². The number of nitroso groups, excluding NO2 is 1. The fourth-order valence-electron chi connectivity index (χ4n) is 3.38. The van der Waals surface area contributed by atoms with Crippen LogP contribution in [0.25, 0.3) is 5.69 Å². The normalized spacial score (nSPS) is 20.8. The first-order valence-corrected chi connectivity index (χ1v) is 8.49. The Balaban J connectivity index is 1.99. The number of carbonyl (C=O) groups is 1. The van der Waals surface area contributed by atoms with Crippen molar-refractivity contribution in [2.75, 3.05) is 14.1 Å². The number of phenols is 1. The second kappa shape index (κ2) is 6.40. The molecule has 138 valence electrons. The van der Waals surface area contributed by atoms with E-state index in [0.29, 0.717) is 16.2 Å². The molecule has 0 bridgehead atoms. The van der Waals surface area contributed by atoms with Crippen molar-refractivity contribution in [3.8, 4) is 11.4 Å². The Hall–Kier alpha value is -2.97. The Kier molecular flexibility index (Phi) is 4.39. The van der Waals surface area contributed by atoms with E-state index in [1.807, 2.05) is 13.8 Å². The van der Waals surface area contributed by atoms with Gasteiger partial charge in [-0.3, -0.25) is 4.79 Å². The molecule has 9 nitrogen and oxygen atoms in total. The molecule has 1 aromatic carbocycles. The molecule has 2 unspecified atom stereocenters. The van der Waals surface area contributed by atoms with Gasteiger partial charge in [0.1, 0.15) is 11.8 Å². The summed E-state index contributed by atoms with van der Waals surface area (Å²) >= 11 is 0. The first kappa shape index (κ1) is 17.8. The molecule has 9 heteroatoms. The molecule has 1 fully saturated rings. The highest BCUT2D eigenvalue weighted by molar-refractivity contribution is 5.78. The van der Waals surface area contributed by atoms with Crippen LogP contribution in [-0.4, -0.2) is 55.1 Å². The number of carbonyl (C=O) groups excluding carboxylic acids is 1. The van der Waals surface area contributed by atoms with Crippen LogP contribution in [-0.2, 0) is 11.2 Å². The fourth-order valence-corrected chi connectivity index (χ4v) is 3.38. The smallest absolute Gasteiger partial charge is 0.290 e. The molecular formula is C17H23N6O3+. The van der Waals surface area contributed by atoms with Crippen LogP contribution in [0.15, 0.2) is 18.2 Å². The van der Waals surface area contributed by atoms with Gasteiger partial charge in [-0.1, -0.05) is 19.9 Å². The van der Waals surface area contributed by atoms with Gasteiger partial charge < -0.3 is 5.11 Å². The largest absolute Gasteiger partial charge is 0.508 e. The van der Waals surface area contributed by atoms with E-state index >= 15 is 0 Å². The molecule has 0 aliphatic carbocycles. The summed E-state index contributed by atoms with van der Waals surface area (Å²) in [6.07, 6.45) is 0.773. The zero-order valence-corrected chi connectivity index (χ0v) is 15.5. The summed E-state index contributed by atoms with van der Waals surface area (Å²) in [5.41, 5.74) is 2.85. The highest BCUT2D eigenvalue weighted by Gasteiger charge is 2.48. The van der Waals surface area contributed by atoms with Crippen LogP contribution < -0.4 is 0 Å². The molecule has 2 atom stereocenters. The van der Waals surface area contributed by atoms with Crippen molar-refractivity contribution in [2.45, 2.75) is 33.2 Å². The van der Waals surface area contributed by atoms with Gasteiger partial charge >= 0.3 is 0 Å². The highest BCUT2D eigenvalue weighted by Crippen LogP contribution is 2.38. The number of hydrogen-bond acceptors (Lipinski definition) is 5. The maximum atomic E-state index is 12.3. The number of hydrazine groups is 2. The molecule has 0 saturated carbocycles. The number of aromatic nitrogens is 3. The third-order valence-corrected chi connectivity index (χ3v) is 4.89. The van der Waals surface area contributed by atoms with Gasteiger partial charge in [-0.15, -0.1) is 5.01 Å².